The maximum atomic E-state index is 6.22. The van der Waals surface area contributed by atoms with Crippen molar-refractivity contribution in [3.8, 4) is 0 Å². The maximum absolute atomic E-state index is 6.22. The Kier molecular flexibility index (Phi) is 7.08. The second-order valence-corrected chi connectivity index (χ2v) is 9.24. The summed E-state index contributed by atoms with van der Waals surface area (Å²) in [6, 6.07) is 27.7. The number of allylic oxidation sites excluding steroid dienone is 2. The highest BCUT2D eigenvalue weighted by Gasteiger charge is 2.19. The van der Waals surface area contributed by atoms with Crippen LogP contribution < -0.4 is 0 Å². The van der Waals surface area contributed by atoms with Crippen LogP contribution in [0.2, 0.25) is 0 Å². The number of hydrogen-bond acceptors (Lipinski definition) is 2. The van der Waals surface area contributed by atoms with Gasteiger partial charge in [0.2, 0.25) is 0 Å². The van der Waals surface area contributed by atoms with Crippen LogP contribution in [-0.4, -0.2) is 5.71 Å². The molecule has 0 saturated heterocycles. The van der Waals surface area contributed by atoms with E-state index in [1.165, 1.54) is 37.2 Å². The van der Waals surface area contributed by atoms with Gasteiger partial charge in [-0.2, -0.15) is 0 Å². The first-order valence-electron chi connectivity index (χ1n) is 10.9. The number of benzene rings is 4. The van der Waals surface area contributed by atoms with Crippen molar-refractivity contribution in [2.45, 2.75) is 20.8 Å². The molecule has 0 aliphatic carbocycles. The van der Waals surface area contributed by atoms with Crippen molar-refractivity contribution in [3.05, 3.63) is 119 Å². The van der Waals surface area contributed by atoms with E-state index in [1.807, 2.05) is 26.0 Å². The first-order chi connectivity index (χ1) is 16.0. The zero-order valence-electron chi connectivity index (χ0n) is 19.1. The summed E-state index contributed by atoms with van der Waals surface area (Å²) >= 11 is 7.97. The summed E-state index contributed by atoms with van der Waals surface area (Å²) in [4.78, 5) is 5.86. The van der Waals surface area contributed by atoms with E-state index in [-0.39, 0.29) is 5.16 Å². The molecule has 0 bridgehead atoms. The lowest BCUT2D eigenvalue weighted by Gasteiger charge is -2.13. The van der Waals surface area contributed by atoms with Crippen molar-refractivity contribution in [1.29, 1.82) is 0 Å². The first-order valence-corrected chi connectivity index (χ1v) is 12.1. The van der Waals surface area contributed by atoms with E-state index >= 15 is 0 Å². The lowest BCUT2D eigenvalue weighted by Crippen LogP contribution is -2.04. The van der Waals surface area contributed by atoms with Crippen LogP contribution in [0.25, 0.3) is 31.6 Å². The minimum Gasteiger partial charge on any atom is -0.235 e. The highest BCUT2D eigenvalue weighted by molar-refractivity contribution is 7.21. The van der Waals surface area contributed by atoms with Crippen LogP contribution in [0.1, 0.15) is 29.9 Å². The molecule has 0 aliphatic heterocycles. The van der Waals surface area contributed by atoms with E-state index in [9.17, 15) is 0 Å². The van der Waals surface area contributed by atoms with E-state index in [0.717, 1.165) is 16.2 Å². The fourth-order valence-electron chi connectivity index (χ4n) is 4.00. The van der Waals surface area contributed by atoms with Crippen LogP contribution in [0.5, 0.6) is 0 Å². The van der Waals surface area contributed by atoms with Crippen LogP contribution >= 0.6 is 22.9 Å². The van der Waals surface area contributed by atoms with E-state index in [0.29, 0.717) is 0 Å². The van der Waals surface area contributed by atoms with Crippen LogP contribution in [-0.2, 0) is 0 Å². The van der Waals surface area contributed by atoms with Crippen molar-refractivity contribution in [1.82, 2.24) is 0 Å². The van der Waals surface area contributed by atoms with Gasteiger partial charge < -0.3 is 0 Å². The monoisotopic (exact) mass is 467 g/mol. The molecule has 0 radical (unpaired) electrons. The fourth-order valence-corrected chi connectivity index (χ4v) is 5.30. The summed E-state index contributed by atoms with van der Waals surface area (Å²) in [7, 11) is 0. The second kappa shape index (κ2) is 10.2. The SMILES string of the molecule is C/C=C\C.C=C(Cl)/N=C(\c1sc2ccccc2c1C)c1cc2ccccc2c2ccccc12. The number of thiophene rings is 1. The predicted molar refractivity (Wildman–Crippen MR) is 149 cm³/mol. The van der Waals surface area contributed by atoms with Gasteiger partial charge >= 0.3 is 0 Å². The first kappa shape index (κ1) is 23.0. The Morgan fingerprint density at radius 1 is 0.818 bits per heavy atom. The Morgan fingerprint density at radius 3 is 2.03 bits per heavy atom. The summed E-state index contributed by atoms with van der Waals surface area (Å²) in [5, 5.41) is 6.35. The van der Waals surface area contributed by atoms with Gasteiger partial charge in [0.15, 0.2) is 0 Å². The average Bonchev–Trinajstić information content (AvgIpc) is 3.18. The van der Waals surface area contributed by atoms with Gasteiger partial charge in [0, 0.05) is 10.3 Å². The quantitative estimate of drug-likeness (QED) is 0.108. The summed E-state index contributed by atoms with van der Waals surface area (Å²) in [5.74, 6) is 0. The van der Waals surface area contributed by atoms with Gasteiger partial charge in [-0.1, -0.05) is 97.1 Å². The van der Waals surface area contributed by atoms with E-state index in [4.69, 9.17) is 16.6 Å². The Morgan fingerprint density at radius 2 is 1.39 bits per heavy atom. The topological polar surface area (TPSA) is 12.4 Å². The number of rotatable bonds is 3. The number of nitrogens with zero attached hydrogens (tertiary/aromatic N) is 1. The van der Waals surface area contributed by atoms with Gasteiger partial charge in [-0.05, 0) is 65.4 Å². The van der Waals surface area contributed by atoms with Gasteiger partial charge in [-0.3, -0.25) is 0 Å². The molecule has 5 rings (SSSR count). The minimum atomic E-state index is 0.286. The molecule has 0 aliphatic rings. The molecule has 0 atom stereocenters. The summed E-state index contributed by atoms with van der Waals surface area (Å²) < 4.78 is 1.25. The normalized spacial score (nSPS) is 11.8. The molecule has 4 aromatic carbocycles. The van der Waals surface area contributed by atoms with Crippen molar-refractivity contribution in [2.75, 3.05) is 0 Å². The molecule has 3 heteroatoms. The zero-order chi connectivity index (χ0) is 23.4. The number of aryl methyl sites for hydroxylation is 1. The molecule has 0 unspecified atom stereocenters. The van der Waals surface area contributed by atoms with Crippen LogP contribution in [0.4, 0.5) is 0 Å². The predicted octanol–water partition coefficient (Wildman–Crippen LogP) is 9.65. The standard InChI is InChI=1S/C26H18ClNS.C4H8/c1-16-19-10-7-8-14-24(19)29-26(16)25(28-17(2)27)23-15-18-9-3-4-11-20(18)21-12-5-6-13-22(21)23;1-3-4-2/h3-15H,2H2,1H3;3-4H,1-2H3/b28-25-;4-3-. The van der Waals surface area contributed by atoms with Crippen LogP contribution in [0.3, 0.4) is 0 Å². The maximum Gasteiger partial charge on any atom is 0.122 e. The lowest BCUT2D eigenvalue weighted by molar-refractivity contribution is 1.49. The molecule has 5 aromatic rings. The van der Waals surface area contributed by atoms with Gasteiger partial charge in [0.25, 0.3) is 0 Å². The molecule has 0 amide bonds. The van der Waals surface area contributed by atoms with E-state index < -0.39 is 0 Å². The third-order valence-electron chi connectivity index (χ3n) is 5.65. The smallest absolute Gasteiger partial charge is 0.122 e. The van der Waals surface area contributed by atoms with E-state index in [1.54, 1.807) is 11.3 Å². The molecule has 164 valence electrons. The number of fused-ring (bicyclic) bond motifs is 4. The molecule has 0 fully saturated rings. The van der Waals surface area contributed by atoms with Crippen molar-refractivity contribution < 1.29 is 0 Å². The average molecular weight is 468 g/mol. The molecular formula is C30H26ClNS. The zero-order valence-corrected chi connectivity index (χ0v) is 20.7. The molecule has 0 N–H and O–H groups in total. The molecular weight excluding hydrogens is 442 g/mol. The molecule has 33 heavy (non-hydrogen) atoms. The molecule has 0 saturated carbocycles. The van der Waals surface area contributed by atoms with Gasteiger partial charge in [-0.25, -0.2) is 4.99 Å². The largest absolute Gasteiger partial charge is 0.235 e. The molecule has 1 heterocycles. The van der Waals surface area contributed by atoms with Crippen molar-refractivity contribution in [3.63, 3.8) is 0 Å². The number of halogens is 1. The molecule has 0 spiro atoms. The second-order valence-electron chi connectivity index (χ2n) is 7.75. The van der Waals surface area contributed by atoms with Gasteiger partial charge in [-0.15, -0.1) is 11.3 Å². The highest BCUT2D eigenvalue weighted by atomic mass is 35.5. The van der Waals surface area contributed by atoms with Crippen molar-refractivity contribution >= 4 is 60.3 Å². The van der Waals surface area contributed by atoms with Crippen LogP contribution in [0, 0.1) is 6.92 Å². The highest BCUT2D eigenvalue weighted by Crippen LogP contribution is 2.36. The third-order valence-corrected chi connectivity index (χ3v) is 7.01. The number of hydrogen-bond donors (Lipinski definition) is 0. The molecule has 1 aromatic heterocycles. The van der Waals surface area contributed by atoms with Gasteiger partial charge in [0.1, 0.15) is 5.16 Å². The fraction of sp³-hybridized carbons (Fsp3) is 0.100. The Labute approximate surface area is 204 Å². The Bertz CT molecular complexity index is 1520. The van der Waals surface area contributed by atoms with Gasteiger partial charge in [0.05, 0.1) is 10.6 Å². The summed E-state index contributed by atoms with van der Waals surface area (Å²) in [6.45, 7) is 10.0. The summed E-state index contributed by atoms with van der Waals surface area (Å²) in [5.41, 5.74) is 3.18. The number of aliphatic imine (C=N–C) groups is 1. The minimum absolute atomic E-state index is 0.286. The third kappa shape index (κ3) is 4.64. The van der Waals surface area contributed by atoms with Crippen LogP contribution in [0.15, 0.2) is 108 Å². The van der Waals surface area contributed by atoms with E-state index in [2.05, 4.69) is 92.4 Å². The Hall–Kier alpha value is -3.20. The van der Waals surface area contributed by atoms with Crippen molar-refractivity contribution in [2.24, 2.45) is 4.99 Å². The molecule has 1 nitrogen and oxygen atoms in total. The Balaban J connectivity index is 0.000000601. The lowest BCUT2D eigenvalue weighted by atomic mass is 9.93. The summed E-state index contributed by atoms with van der Waals surface area (Å²) in [6.07, 6.45) is 4.00.